The molecule has 2 saturated heterocycles. The maximum atomic E-state index is 9.76. The van der Waals surface area contributed by atoms with Gasteiger partial charge in [-0.05, 0) is 32.1 Å². The summed E-state index contributed by atoms with van der Waals surface area (Å²) in [5.41, 5.74) is 0. The maximum absolute atomic E-state index is 9.76. The Balaban J connectivity index is 1.76. The van der Waals surface area contributed by atoms with Gasteiger partial charge in [-0.25, -0.2) is 0 Å². The first-order valence-electron chi connectivity index (χ1n) is 5.73. The molecule has 3 nitrogen and oxygen atoms in total. The lowest BCUT2D eigenvalue weighted by Gasteiger charge is -2.32. The molecule has 0 aliphatic carbocycles. The molecule has 82 valence electrons. The van der Waals surface area contributed by atoms with Crippen LogP contribution in [0.4, 0.5) is 0 Å². The lowest BCUT2D eigenvalue weighted by atomic mass is 9.90. The number of rotatable bonds is 2. The summed E-state index contributed by atoms with van der Waals surface area (Å²) in [7, 11) is 0. The van der Waals surface area contributed by atoms with E-state index in [0.717, 1.165) is 25.9 Å². The Bertz CT molecular complexity index is 166. The lowest BCUT2D eigenvalue weighted by molar-refractivity contribution is -0.0700. The van der Waals surface area contributed by atoms with Crippen LogP contribution in [0.3, 0.4) is 0 Å². The summed E-state index contributed by atoms with van der Waals surface area (Å²) in [6.07, 6.45) is 5.58. The number of aliphatic hydroxyl groups excluding tert-OH is 1. The van der Waals surface area contributed by atoms with Crippen molar-refractivity contribution in [2.24, 2.45) is 5.92 Å². The van der Waals surface area contributed by atoms with Crippen molar-refractivity contribution in [1.29, 1.82) is 0 Å². The molecule has 0 saturated carbocycles. The Hall–Kier alpha value is -0.120. The van der Waals surface area contributed by atoms with Crippen molar-refractivity contribution in [2.75, 3.05) is 19.8 Å². The van der Waals surface area contributed by atoms with E-state index in [-0.39, 0.29) is 6.10 Å². The van der Waals surface area contributed by atoms with E-state index in [1.165, 1.54) is 12.8 Å². The topological polar surface area (TPSA) is 38.7 Å². The van der Waals surface area contributed by atoms with E-state index in [2.05, 4.69) is 0 Å². The van der Waals surface area contributed by atoms with Crippen LogP contribution in [0.25, 0.3) is 0 Å². The first-order valence-corrected chi connectivity index (χ1v) is 5.73. The first-order chi connectivity index (χ1) is 6.86. The standard InChI is InChI=1S/C11H20O3/c12-11-4-6-13-8-9(11)7-10-3-1-2-5-14-10/h9-12H,1-8H2. The molecule has 0 spiro atoms. The summed E-state index contributed by atoms with van der Waals surface area (Å²) in [5, 5.41) is 9.76. The second-order valence-electron chi connectivity index (χ2n) is 4.42. The van der Waals surface area contributed by atoms with Gasteiger partial charge in [0.1, 0.15) is 0 Å². The molecule has 2 rings (SSSR count). The van der Waals surface area contributed by atoms with Crippen molar-refractivity contribution in [1.82, 2.24) is 0 Å². The molecule has 2 aliphatic rings. The molecule has 2 fully saturated rings. The van der Waals surface area contributed by atoms with Gasteiger partial charge in [0.2, 0.25) is 0 Å². The Labute approximate surface area is 85.4 Å². The fraction of sp³-hybridized carbons (Fsp3) is 1.00. The van der Waals surface area contributed by atoms with Gasteiger partial charge >= 0.3 is 0 Å². The van der Waals surface area contributed by atoms with Crippen LogP contribution in [-0.4, -0.2) is 37.1 Å². The molecule has 3 unspecified atom stereocenters. The smallest absolute Gasteiger partial charge is 0.0613 e. The monoisotopic (exact) mass is 200 g/mol. The molecule has 14 heavy (non-hydrogen) atoms. The average Bonchev–Trinajstić information content (AvgIpc) is 2.23. The molecule has 0 amide bonds. The minimum Gasteiger partial charge on any atom is -0.393 e. The second-order valence-corrected chi connectivity index (χ2v) is 4.42. The highest BCUT2D eigenvalue weighted by molar-refractivity contribution is 4.77. The fourth-order valence-electron chi connectivity index (χ4n) is 2.34. The van der Waals surface area contributed by atoms with E-state index in [9.17, 15) is 5.11 Å². The maximum Gasteiger partial charge on any atom is 0.0613 e. The van der Waals surface area contributed by atoms with Crippen molar-refractivity contribution in [3.8, 4) is 0 Å². The SMILES string of the molecule is OC1CCOCC1CC1CCCCO1. The molecular weight excluding hydrogens is 180 g/mol. The number of ether oxygens (including phenoxy) is 2. The van der Waals surface area contributed by atoms with Crippen LogP contribution in [0.2, 0.25) is 0 Å². The van der Waals surface area contributed by atoms with E-state index in [1.807, 2.05) is 0 Å². The van der Waals surface area contributed by atoms with Crippen molar-refractivity contribution in [3.63, 3.8) is 0 Å². The highest BCUT2D eigenvalue weighted by Gasteiger charge is 2.27. The van der Waals surface area contributed by atoms with E-state index in [4.69, 9.17) is 9.47 Å². The van der Waals surface area contributed by atoms with Gasteiger partial charge in [0, 0.05) is 19.1 Å². The molecule has 3 heteroatoms. The summed E-state index contributed by atoms with van der Waals surface area (Å²) >= 11 is 0. The Morgan fingerprint density at radius 3 is 2.79 bits per heavy atom. The zero-order valence-corrected chi connectivity index (χ0v) is 8.65. The third kappa shape index (κ3) is 2.69. The molecule has 0 aromatic rings. The summed E-state index contributed by atoms with van der Waals surface area (Å²) in [4.78, 5) is 0. The number of aliphatic hydroxyl groups is 1. The molecule has 2 aliphatic heterocycles. The third-order valence-corrected chi connectivity index (χ3v) is 3.27. The van der Waals surface area contributed by atoms with Gasteiger partial charge in [-0.1, -0.05) is 0 Å². The van der Waals surface area contributed by atoms with Crippen molar-refractivity contribution in [3.05, 3.63) is 0 Å². The van der Waals surface area contributed by atoms with Gasteiger partial charge in [0.15, 0.2) is 0 Å². The normalized spacial score (nSPS) is 39.6. The van der Waals surface area contributed by atoms with Crippen LogP contribution in [0.5, 0.6) is 0 Å². The van der Waals surface area contributed by atoms with E-state index < -0.39 is 0 Å². The number of hydrogen-bond donors (Lipinski definition) is 1. The molecular formula is C11H20O3. The summed E-state index contributed by atoms with van der Waals surface area (Å²) in [5.74, 6) is 0.298. The molecule has 2 heterocycles. The molecule has 1 N–H and O–H groups in total. The van der Waals surface area contributed by atoms with Gasteiger partial charge in [0.05, 0.1) is 18.8 Å². The van der Waals surface area contributed by atoms with Crippen molar-refractivity contribution < 1.29 is 14.6 Å². The van der Waals surface area contributed by atoms with E-state index >= 15 is 0 Å². The van der Waals surface area contributed by atoms with Gasteiger partial charge in [-0.15, -0.1) is 0 Å². The molecule has 0 aromatic carbocycles. The molecule has 0 radical (unpaired) electrons. The largest absolute Gasteiger partial charge is 0.393 e. The number of hydrogen-bond acceptors (Lipinski definition) is 3. The first kappa shape index (κ1) is 10.4. The second kappa shape index (κ2) is 5.10. The van der Waals surface area contributed by atoms with Gasteiger partial charge in [-0.3, -0.25) is 0 Å². The Morgan fingerprint density at radius 2 is 2.07 bits per heavy atom. The zero-order chi connectivity index (χ0) is 9.80. The summed E-state index contributed by atoms with van der Waals surface area (Å²) in [6, 6.07) is 0. The minimum atomic E-state index is -0.172. The Morgan fingerprint density at radius 1 is 1.14 bits per heavy atom. The van der Waals surface area contributed by atoms with E-state index in [0.29, 0.717) is 25.2 Å². The van der Waals surface area contributed by atoms with Crippen LogP contribution in [0, 0.1) is 5.92 Å². The average molecular weight is 200 g/mol. The predicted octanol–water partition coefficient (Wildman–Crippen LogP) is 1.34. The van der Waals surface area contributed by atoms with Crippen LogP contribution in [-0.2, 0) is 9.47 Å². The van der Waals surface area contributed by atoms with Crippen LogP contribution >= 0.6 is 0 Å². The summed E-state index contributed by atoms with van der Waals surface area (Å²) in [6.45, 7) is 2.32. The quantitative estimate of drug-likeness (QED) is 0.731. The molecule has 0 aromatic heterocycles. The summed E-state index contributed by atoms with van der Waals surface area (Å²) < 4.78 is 11.0. The van der Waals surface area contributed by atoms with Gasteiger partial charge < -0.3 is 14.6 Å². The highest BCUT2D eigenvalue weighted by Crippen LogP contribution is 2.25. The van der Waals surface area contributed by atoms with Crippen LogP contribution < -0.4 is 0 Å². The highest BCUT2D eigenvalue weighted by atomic mass is 16.5. The molecule has 3 atom stereocenters. The van der Waals surface area contributed by atoms with Crippen LogP contribution in [0.15, 0.2) is 0 Å². The minimum absolute atomic E-state index is 0.172. The zero-order valence-electron chi connectivity index (χ0n) is 8.65. The Kier molecular flexibility index (Phi) is 3.79. The van der Waals surface area contributed by atoms with Crippen molar-refractivity contribution >= 4 is 0 Å². The van der Waals surface area contributed by atoms with Crippen molar-refractivity contribution in [2.45, 2.75) is 44.3 Å². The third-order valence-electron chi connectivity index (χ3n) is 3.27. The predicted molar refractivity (Wildman–Crippen MR) is 53.1 cm³/mol. The molecule has 0 bridgehead atoms. The lowest BCUT2D eigenvalue weighted by Crippen LogP contribution is -2.35. The van der Waals surface area contributed by atoms with Gasteiger partial charge in [-0.2, -0.15) is 0 Å². The van der Waals surface area contributed by atoms with Crippen LogP contribution in [0.1, 0.15) is 32.1 Å². The van der Waals surface area contributed by atoms with E-state index in [1.54, 1.807) is 0 Å². The van der Waals surface area contributed by atoms with Gasteiger partial charge in [0.25, 0.3) is 0 Å². The fourth-order valence-corrected chi connectivity index (χ4v) is 2.34.